The van der Waals surface area contributed by atoms with Gasteiger partial charge in [-0.1, -0.05) is 45.4 Å². The molecule has 5 nitrogen and oxygen atoms in total. The summed E-state index contributed by atoms with van der Waals surface area (Å²) >= 11 is 0. The van der Waals surface area contributed by atoms with Crippen molar-refractivity contribution in [3.8, 4) is 0 Å². The monoisotopic (exact) mass is 326 g/mol. The first-order chi connectivity index (χ1) is 10.4. The van der Waals surface area contributed by atoms with Crippen molar-refractivity contribution >= 4 is 21.6 Å². The number of rotatable bonds is 9. The molecule has 0 heterocycles. The number of unbranched alkanes of at least 4 members (excludes halogenated alkanes) is 1. The van der Waals surface area contributed by atoms with Crippen LogP contribution < -0.4 is 10.0 Å². The molecule has 0 radical (unpaired) electrons. The summed E-state index contributed by atoms with van der Waals surface area (Å²) in [5, 5.41) is 2.84. The Morgan fingerprint density at radius 3 is 2.18 bits per heavy atom. The fourth-order valence-corrected chi connectivity index (χ4v) is 3.33. The first-order valence-electron chi connectivity index (χ1n) is 7.81. The second kappa shape index (κ2) is 8.90. The predicted molar refractivity (Wildman–Crippen MR) is 90.5 cm³/mol. The van der Waals surface area contributed by atoms with Crippen LogP contribution >= 0.6 is 0 Å². The highest BCUT2D eigenvalue weighted by molar-refractivity contribution is 7.89. The zero-order valence-electron chi connectivity index (χ0n) is 13.6. The third kappa shape index (κ3) is 5.77. The molecule has 2 N–H and O–H groups in total. The molecule has 0 aliphatic rings. The number of carbonyl (C=O) groups excluding carboxylic acids is 1. The van der Waals surface area contributed by atoms with Crippen LogP contribution in [0, 0.1) is 0 Å². The lowest BCUT2D eigenvalue weighted by Gasteiger charge is -2.14. The third-order valence-corrected chi connectivity index (χ3v) is 4.89. The Kier molecular flexibility index (Phi) is 7.55. The molecule has 1 aromatic carbocycles. The van der Waals surface area contributed by atoms with Gasteiger partial charge in [0.1, 0.15) is 0 Å². The normalized spacial score (nSPS) is 11.4. The number of sulfonamides is 1. The predicted octanol–water partition coefficient (Wildman–Crippen LogP) is 2.47. The Hall–Kier alpha value is -1.40. The Labute approximate surface area is 133 Å². The lowest BCUT2D eigenvalue weighted by atomic mass is 10.0. The second-order valence-corrected chi connectivity index (χ2v) is 7.13. The van der Waals surface area contributed by atoms with E-state index in [1.54, 1.807) is 0 Å². The molecule has 0 aliphatic heterocycles. The first kappa shape index (κ1) is 18.6. The zero-order chi connectivity index (χ0) is 16.6. The maximum atomic E-state index is 12.0. The molecule has 1 aromatic rings. The van der Waals surface area contributed by atoms with Gasteiger partial charge < -0.3 is 5.32 Å². The number of amides is 1. The van der Waals surface area contributed by atoms with E-state index in [0.717, 1.165) is 36.1 Å². The van der Waals surface area contributed by atoms with Crippen molar-refractivity contribution in [3.63, 3.8) is 0 Å². The standard InChI is InChI=1S/C16H26N2O3S/c1-4-7-11-22(20,21)17-12-15(19)18-16-13(5-2)9-8-10-14(16)6-3/h8-10,17H,4-7,11-12H2,1-3H3,(H,18,19). The molecular formula is C16H26N2O3S. The molecule has 0 atom stereocenters. The highest BCUT2D eigenvalue weighted by Gasteiger charge is 2.14. The molecule has 0 unspecified atom stereocenters. The number of anilines is 1. The molecule has 0 bridgehead atoms. The van der Waals surface area contributed by atoms with Gasteiger partial charge in [-0.3, -0.25) is 4.79 Å². The van der Waals surface area contributed by atoms with Crippen molar-refractivity contribution in [1.82, 2.24) is 4.72 Å². The van der Waals surface area contributed by atoms with Crippen LogP contribution in [0.2, 0.25) is 0 Å². The van der Waals surface area contributed by atoms with Gasteiger partial charge in [0.15, 0.2) is 0 Å². The van der Waals surface area contributed by atoms with E-state index in [-0.39, 0.29) is 18.2 Å². The Bertz CT molecular complexity index is 575. The van der Waals surface area contributed by atoms with Crippen LogP contribution in [0.15, 0.2) is 18.2 Å². The zero-order valence-corrected chi connectivity index (χ0v) is 14.4. The van der Waals surface area contributed by atoms with Gasteiger partial charge in [0, 0.05) is 5.69 Å². The molecule has 1 amide bonds. The average Bonchev–Trinajstić information content (AvgIpc) is 2.51. The largest absolute Gasteiger partial charge is 0.324 e. The van der Waals surface area contributed by atoms with Gasteiger partial charge in [-0.25, -0.2) is 13.1 Å². The second-order valence-electron chi connectivity index (χ2n) is 5.20. The van der Waals surface area contributed by atoms with Crippen molar-refractivity contribution < 1.29 is 13.2 Å². The van der Waals surface area contributed by atoms with Crippen LogP contribution in [-0.4, -0.2) is 26.6 Å². The summed E-state index contributed by atoms with van der Waals surface area (Å²) in [6, 6.07) is 5.92. The van der Waals surface area contributed by atoms with E-state index in [9.17, 15) is 13.2 Å². The molecular weight excluding hydrogens is 300 g/mol. The number of nitrogens with one attached hydrogen (secondary N) is 2. The van der Waals surface area contributed by atoms with Crippen LogP contribution in [0.5, 0.6) is 0 Å². The SMILES string of the molecule is CCCCS(=O)(=O)NCC(=O)Nc1c(CC)cccc1CC. The smallest absolute Gasteiger partial charge is 0.239 e. The maximum absolute atomic E-state index is 12.0. The summed E-state index contributed by atoms with van der Waals surface area (Å²) in [6.45, 7) is 5.75. The van der Waals surface area contributed by atoms with Gasteiger partial charge in [-0.2, -0.15) is 0 Å². The summed E-state index contributed by atoms with van der Waals surface area (Å²) in [7, 11) is -3.37. The number of carbonyl (C=O) groups is 1. The Morgan fingerprint density at radius 2 is 1.68 bits per heavy atom. The van der Waals surface area contributed by atoms with Crippen LogP contribution in [0.1, 0.15) is 44.7 Å². The van der Waals surface area contributed by atoms with Gasteiger partial charge in [0.25, 0.3) is 0 Å². The molecule has 0 saturated heterocycles. The van der Waals surface area contributed by atoms with Crippen LogP contribution in [0.3, 0.4) is 0 Å². The molecule has 0 aromatic heterocycles. The number of hydrogen-bond acceptors (Lipinski definition) is 3. The summed E-state index contributed by atoms with van der Waals surface area (Å²) in [6.07, 6.45) is 3.02. The quantitative estimate of drug-likeness (QED) is 0.732. The minimum atomic E-state index is -3.37. The minimum absolute atomic E-state index is 0.0581. The van der Waals surface area contributed by atoms with E-state index in [2.05, 4.69) is 10.0 Å². The maximum Gasteiger partial charge on any atom is 0.239 e. The summed E-state index contributed by atoms with van der Waals surface area (Å²) < 4.78 is 25.8. The molecule has 6 heteroatoms. The topological polar surface area (TPSA) is 75.3 Å². The van der Waals surface area contributed by atoms with E-state index in [1.165, 1.54) is 0 Å². The van der Waals surface area contributed by atoms with Crippen LogP contribution in [-0.2, 0) is 27.7 Å². The van der Waals surface area contributed by atoms with E-state index >= 15 is 0 Å². The first-order valence-corrected chi connectivity index (χ1v) is 9.46. The van der Waals surface area contributed by atoms with Crippen molar-refractivity contribution in [2.45, 2.75) is 46.5 Å². The number of aryl methyl sites for hydroxylation is 2. The minimum Gasteiger partial charge on any atom is -0.324 e. The van der Waals surface area contributed by atoms with Gasteiger partial charge in [0.05, 0.1) is 12.3 Å². The third-order valence-electron chi connectivity index (χ3n) is 3.48. The van der Waals surface area contributed by atoms with Crippen molar-refractivity contribution in [3.05, 3.63) is 29.3 Å². The van der Waals surface area contributed by atoms with Gasteiger partial charge in [-0.05, 0) is 30.4 Å². The molecule has 0 saturated carbocycles. The number of benzene rings is 1. The highest BCUT2D eigenvalue weighted by atomic mass is 32.2. The summed E-state index contributed by atoms with van der Waals surface area (Å²) in [5.74, 6) is -0.279. The van der Waals surface area contributed by atoms with Crippen LogP contribution in [0.4, 0.5) is 5.69 Å². The lowest BCUT2D eigenvalue weighted by Crippen LogP contribution is -2.34. The van der Waals surface area contributed by atoms with Gasteiger partial charge in [0.2, 0.25) is 15.9 Å². The van der Waals surface area contributed by atoms with Crippen molar-refractivity contribution in [2.75, 3.05) is 17.6 Å². The van der Waals surface area contributed by atoms with Gasteiger partial charge in [-0.15, -0.1) is 0 Å². The molecule has 0 aliphatic carbocycles. The molecule has 0 spiro atoms. The number of hydrogen-bond donors (Lipinski definition) is 2. The highest BCUT2D eigenvalue weighted by Crippen LogP contribution is 2.22. The molecule has 22 heavy (non-hydrogen) atoms. The van der Waals surface area contributed by atoms with Crippen molar-refractivity contribution in [1.29, 1.82) is 0 Å². The summed E-state index contributed by atoms with van der Waals surface area (Å²) in [4.78, 5) is 12.0. The summed E-state index contributed by atoms with van der Waals surface area (Å²) in [5.41, 5.74) is 2.92. The van der Waals surface area contributed by atoms with E-state index in [1.807, 2.05) is 39.0 Å². The Balaban J connectivity index is 2.70. The van der Waals surface area contributed by atoms with E-state index < -0.39 is 10.0 Å². The fraction of sp³-hybridized carbons (Fsp3) is 0.562. The van der Waals surface area contributed by atoms with Gasteiger partial charge >= 0.3 is 0 Å². The molecule has 0 fully saturated rings. The number of para-hydroxylation sites is 1. The van der Waals surface area contributed by atoms with E-state index in [4.69, 9.17) is 0 Å². The molecule has 1 rings (SSSR count). The fourth-order valence-electron chi connectivity index (χ4n) is 2.17. The van der Waals surface area contributed by atoms with Crippen LogP contribution in [0.25, 0.3) is 0 Å². The van der Waals surface area contributed by atoms with E-state index in [0.29, 0.717) is 6.42 Å². The Morgan fingerprint density at radius 1 is 1.09 bits per heavy atom. The lowest BCUT2D eigenvalue weighted by molar-refractivity contribution is -0.115. The van der Waals surface area contributed by atoms with Crippen molar-refractivity contribution in [2.24, 2.45) is 0 Å². The average molecular weight is 326 g/mol. The molecule has 124 valence electrons.